The first kappa shape index (κ1) is 15.9. The highest BCUT2D eigenvalue weighted by molar-refractivity contribution is 7.86. The highest BCUT2D eigenvalue weighted by atomic mass is 35.5. The fourth-order valence-electron chi connectivity index (χ4n) is 1.49. The van der Waals surface area contributed by atoms with E-state index in [4.69, 9.17) is 16.9 Å². The summed E-state index contributed by atoms with van der Waals surface area (Å²) in [6.07, 6.45) is 0.171. The summed E-state index contributed by atoms with van der Waals surface area (Å²) in [5.41, 5.74) is 0.851. The molecule has 1 aromatic carbocycles. The van der Waals surface area contributed by atoms with E-state index in [1.54, 1.807) is 24.3 Å². The Labute approximate surface area is 119 Å². The normalized spacial score (nSPS) is 11.8. The van der Waals surface area contributed by atoms with E-state index in [1.807, 2.05) is 6.07 Å². The van der Waals surface area contributed by atoms with Gasteiger partial charge in [0, 0.05) is 38.6 Å². The molecule has 5 nitrogen and oxygen atoms in total. The average molecular weight is 302 g/mol. The molecule has 0 bridgehead atoms. The zero-order chi connectivity index (χ0) is 14.5. The van der Waals surface area contributed by atoms with Crippen molar-refractivity contribution in [3.8, 4) is 6.07 Å². The SMILES string of the molecule is CN(CCC#N)S(=O)(=O)N(C)Cc1ccc(Cl)cc1. The smallest absolute Gasteiger partial charge is 0.198 e. The van der Waals surface area contributed by atoms with Crippen molar-refractivity contribution in [2.75, 3.05) is 20.6 Å². The maximum Gasteiger partial charge on any atom is 0.281 e. The zero-order valence-corrected chi connectivity index (χ0v) is 12.4. The van der Waals surface area contributed by atoms with Crippen LogP contribution in [0.2, 0.25) is 5.02 Å². The molecule has 0 aliphatic carbocycles. The Kier molecular flexibility index (Phi) is 5.76. The van der Waals surface area contributed by atoms with Crippen LogP contribution in [0.1, 0.15) is 12.0 Å². The average Bonchev–Trinajstić information content (AvgIpc) is 2.38. The van der Waals surface area contributed by atoms with Crippen LogP contribution in [0.15, 0.2) is 24.3 Å². The van der Waals surface area contributed by atoms with Gasteiger partial charge in [0.2, 0.25) is 0 Å². The standard InChI is InChI=1S/C12H16ClN3O2S/c1-15(9-3-8-14)19(17,18)16(2)10-11-4-6-12(13)7-5-11/h4-7H,3,9-10H2,1-2H3. The molecule has 7 heteroatoms. The van der Waals surface area contributed by atoms with E-state index in [9.17, 15) is 8.42 Å². The number of hydrogen-bond acceptors (Lipinski definition) is 3. The van der Waals surface area contributed by atoms with Crippen molar-refractivity contribution in [3.05, 3.63) is 34.9 Å². The third-order valence-electron chi connectivity index (χ3n) is 2.64. The lowest BCUT2D eigenvalue weighted by atomic mass is 10.2. The van der Waals surface area contributed by atoms with Crippen LogP contribution in [0.3, 0.4) is 0 Å². The minimum absolute atomic E-state index is 0.171. The van der Waals surface area contributed by atoms with E-state index in [1.165, 1.54) is 22.7 Å². The lowest BCUT2D eigenvalue weighted by molar-refractivity contribution is 0.392. The molecular formula is C12H16ClN3O2S. The van der Waals surface area contributed by atoms with Crippen LogP contribution in [0.4, 0.5) is 0 Å². The van der Waals surface area contributed by atoms with Gasteiger partial charge in [0.05, 0.1) is 6.07 Å². The minimum atomic E-state index is -3.54. The summed E-state index contributed by atoms with van der Waals surface area (Å²) in [5, 5.41) is 9.09. The quantitative estimate of drug-likeness (QED) is 0.805. The van der Waals surface area contributed by atoms with E-state index in [2.05, 4.69) is 0 Å². The van der Waals surface area contributed by atoms with Crippen molar-refractivity contribution in [2.45, 2.75) is 13.0 Å². The molecule has 1 aromatic rings. The second-order valence-corrected chi connectivity index (χ2v) is 6.70. The van der Waals surface area contributed by atoms with Crippen molar-refractivity contribution in [2.24, 2.45) is 0 Å². The van der Waals surface area contributed by atoms with E-state index in [0.717, 1.165) is 5.56 Å². The number of benzene rings is 1. The first-order valence-corrected chi connectivity index (χ1v) is 7.44. The van der Waals surface area contributed by atoms with Crippen molar-refractivity contribution in [3.63, 3.8) is 0 Å². The summed E-state index contributed by atoms with van der Waals surface area (Å²) >= 11 is 5.78. The zero-order valence-electron chi connectivity index (χ0n) is 10.9. The van der Waals surface area contributed by atoms with E-state index < -0.39 is 10.2 Å². The van der Waals surface area contributed by atoms with Crippen molar-refractivity contribution in [1.82, 2.24) is 8.61 Å². The Morgan fingerprint density at radius 2 is 1.79 bits per heavy atom. The lowest BCUT2D eigenvalue weighted by Crippen LogP contribution is -2.39. The molecule has 0 spiro atoms. The molecule has 0 aliphatic heterocycles. The highest BCUT2D eigenvalue weighted by Crippen LogP contribution is 2.13. The molecule has 0 fully saturated rings. The van der Waals surface area contributed by atoms with Gasteiger partial charge < -0.3 is 0 Å². The van der Waals surface area contributed by atoms with E-state index in [-0.39, 0.29) is 19.5 Å². The molecule has 0 heterocycles. The van der Waals surface area contributed by atoms with E-state index in [0.29, 0.717) is 5.02 Å². The van der Waals surface area contributed by atoms with Crippen LogP contribution < -0.4 is 0 Å². The molecule has 0 radical (unpaired) electrons. The second-order valence-electron chi connectivity index (χ2n) is 4.12. The molecule has 0 aromatic heterocycles. The van der Waals surface area contributed by atoms with Crippen molar-refractivity contribution >= 4 is 21.8 Å². The van der Waals surface area contributed by atoms with Crippen LogP contribution in [0, 0.1) is 11.3 Å². The fourth-order valence-corrected chi connectivity index (χ4v) is 2.73. The fraction of sp³-hybridized carbons (Fsp3) is 0.417. The maximum atomic E-state index is 12.1. The van der Waals surface area contributed by atoms with Gasteiger partial charge in [-0.05, 0) is 17.7 Å². The van der Waals surface area contributed by atoms with Gasteiger partial charge in [-0.2, -0.15) is 22.3 Å². The molecule has 0 aliphatic rings. The predicted molar refractivity (Wildman–Crippen MR) is 74.7 cm³/mol. The van der Waals surface area contributed by atoms with Gasteiger partial charge in [-0.1, -0.05) is 23.7 Å². The molecule has 1 rings (SSSR count). The highest BCUT2D eigenvalue weighted by Gasteiger charge is 2.23. The molecule has 19 heavy (non-hydrogen) atoms. The number of nitrogens with zero attached hydrogens (tertiary/aromatic N) is 3. The molecule has 0 saturated carbocycles. The first-order valence-electron chi connectivity index (χ1n) is 5.67. The van der Waals surface area contributed by atoms with Gasteiger partial charge in [-0.3, -0.25) is 0 Å². The number of halogens is 1. The van der Waals surface area contributed by atoms with Crippen LogP contribution in [-0.2, 0) is 16.8 Å². The number of rotatable bonds is 6. The van der Waals surface area contributed by atoms with Crippen LogP contribution in [-0.4, -0.2) is 37.7 Å². The van der Waals surface area contributed by atoms with E-state index >= 15 is 0 Å². The molecule has 0 atom stereocenters. The van der Waals surface area contributed by atoms with Gasteiger partial charge in [-0.25, -0.2) is 0 Å². The third-order valence-corrected chi connectivity index (χ3v) is 4.78. The Morgan fingerprint density at radius 1 is 1.21 bits per heavy atom. The molecular weight excluding hydrogens is 286 g/mol. The maximum absolute atomic E-state index is 12.1. The summed E-state index contributed by atoms with van der Waals surface area (Å²) in [6, 6.07) is 8.93. The Bertz CT molecular complexity index is 551. The summed E-state index contributed by atoms with van der Waals surface area (Å²) in [6.45, 7) is 0.445. The van der Waals surface area contributed by atoms with Gasteiger partial charge in [0.25, 0.3) is 10.2 Å². The summed E-state index contributed by atoms with van der Waals surface area (Å²) < 4.78 is 26.7. The van der Waals surface area contributed by atoms with Gasteiger partial charge in [-0.15, -0.1) is 0 Å². The topological polar surface area (TPSA) is 64.4 Å². The van der Waals surface area contributed by atoms with Crippen LogP contribution >= 0.6 is 11.6 Å². The predicted octanol–water partition coefficient (Wildman–Crippen LogP) is 1.86. The molecule has 0 saturated heterocycles. The summed E-state index contributed by atoms with van der Waals surface area (Å²) in [5.74, 6) is 0. The largest absolute Gasteiger partial charge is 0.281 e. The number of hydrogen-bond donors (Lipinski definition) is 0. The van der Waals surface area contributed by atoms with Crippen LogP contribution in [0.5, 0.6) is 0 Å². The van der Waals surface area contributed by atoms with Gasteiger partial charge in [0.1, 0.15) is 0 Å². The Balaban J connectivity index is 2.73. The lowest BCUT2D eigenvalue weighted by Gasteiger charge is -2.23. The number of nitriles is 1. The minimum Gasteiger partial charge on any atom is -0.198 e. The summed E-state index contributed by atoms with van der Waals surface area (Å²) in [7, 11) is -0.567. The van der Waals surface area contributed by atoms with Gasteiger partial charge >= 0.3 is 0 Å². The Hall–Kier alpha value is -1.13. The van der Waals surface area contributed by atoms with Crippen molar-refractivity contribution in [1.29, 1.82) is 5.26 Å². The molecule has 0 unspecified atom stereocenters. The third kappa shape index (κ3) is 4.48. The Morgan fingerprint density at radius 3 is 2.32 bits per heavy atom. The molecule has 0 amide bonds. The molecule has 104 valence electrons. The van der Waals surface area contributed by atoms with Gasteiger partial charge in [0.15, 0.2) is 0 Å². The first-order chi connectivity index (χ1) is 8.87. The van der Waals surface area contributed by atoms with Crippen molar-refractivity contribution < 1.29 is 8.42 Å². The second kappa shape index (κ2) is 6.87. The molecule has 0 N–H and O–H groups in total. The van der Waals surface area contributed by atoms with Crippen LogP contribution in [0.25, 0.3) is 0 Å². The monoisotopic (exact) mass is 301 g/mol. The summed E-state index contributed by atoms with van der Waals surface area (Å²) in [4.78, 5) is 0.